The number of non-ortho nitro benzene ring substituents is 1. The zero-order chi connectivity index (χ0) is 21.0. The van der Waals surface area contributed by atoms with Gasteiger partial charge in [-0.3, -0.25) is 25.7 Å². The molecule has 2 aromatic carbocycles. The van der Waals surface area contributed by atoms with Crippen molar-refractivity contribution in [2.45, 2.75) is 6.92 Å². The molecule has 10 nitrogen and oxygen atoms in total. The molecule has 1 aromatic heterocycles. The monoisotopic (exact) mass is 395 g/mol. The Morgan fingerprint density at radius 3 is 2.38 bits per heavy atom. The minimum Gasteiger partial charge on any atom is -0.497 e. The van der Waals surface area contributed by atoms with Crippen LogP contribution < -0.4 is 10.2 Å². The highest BCUT2D eigenvalue weighted by molar-refractivity contribution is 5.80. The van der Waals surface area contributed by atoms with Gasteiger partial charge in [0.25, 0.3) is 5.69 Å². The van der Waals surface area contributed by atoms with Crippen molar-refractivity contribution in [2.24, 2.45) is 5.10 Å². The van der Waals surface area contributed by atoms with Crippen LogP contribution in [0.25, 0.3) is 5.69 Å². The van der Waals surface area contributed by atoms with Crippen LogP contribution in [0.3, 0.4) is 0 Å². The molecule has 0 fully saturated rings. The lowest BCUT2D eigenvalue weighted by Crippen LogP contribution is -2.03. The summed E-state index contributed by atoms with van der Waals surface area (Å²) in [5, 5.41) is 26.1. The zero-order valence-electron chi connectivity index (χ0n) is 15.6. The quantitative estimate of drug-likeness (QED) is 0.365. The lowest BCUT2D eigenvalue weighted by atomic mass is 10.2. The summed E-state index contributed by atoms with van der Waals surface area (Å²) in [4.78, 5) is 20.6. The zero-order valence-corrected chi connectivity index (χ0v) is 15.6. The van der Waals surface area contributed by atoms with Crippen LogP contribution >= 0.6 is 0 Å². The number of rotatable bonds is 7. The molecular formula is C19H17N5O5. The average molecular weight is 395 g/mol. The van der Waals surface area contributed by atoms with E-state index in [-0.39, 0.29) is 11.4 Å². The number of nitro benzene ring substituents is 2. The van der Waals surface area contributed by atoms with Crippen molar-refractivity contribution < 1.29 is 14.6 Å². The van der Waals surface area contributed by atoms with Crippen LogP contribution in [0.4, 0.5) is 17.1 Å². The van der Waals surface area contributed by atoms with Crippen LogP contribution in [0, 0.1) is 27.2 Å². The molecule has 0 aliphatic rings. The van der Waals surface area contributed by atoms with Gasteiger partial charge in [0.1, 0.15) is 11.4 Å². The van der Waals surface area contributed by atoms with Gasteiger partial charge in [0.15, 0.2) is 0 Å². The number of methoxy groups -OCH3 is 1. The van der Waals surface area contributed by atoms with Crippen LogP contribution in [0.1, 0.15) is 11.4 Å². The maximum absolute atomic E-state index is 11.2. The Labute approximate surface area is 165 Å². The summed E-state index contributed by atoms with van der Waals surface area (Å²) in [6, 6.07) is 14.6. The van der Waals surface area contributed by atoms with Gasteiger partial charge in [-0.15, -0.1) is 0 Å². The van der Waals surface area contributed by atoms with Gasteiger partial charge in [0, 0.05) is 17.4 Å². The van der Waals surface area contributed by atoms with Gasteiger partial charge in [-0.25, -0.2) is 0 Å². The molecule has 0 bridgehead atoms. The lowest BCUT2D eigenvalue weighted by Gasteiger charge is -2.10. The summed E-state index contributed by atoms with van der Waals surface area (Å²) in [6.45, 7) is 1.94. The van der Waals surface area contributed by atoms with E-state index in [1.54, 1.807) is 7.11 Å². The average Bonchev–Trinajstić information content (AvgIpc) is 3.08. The molecule has 1 N–H and O–H groups in total. The van der Waals surface area contributed by atoms with Gasteiger partial charge in [-0.05, 0) is 49.4 Å². The van der Waals surface area contributed by atoms with Crippen molar-refractivity contribution in [1.29, 1.82) is 0 Å². The minimum atomic E-state index is -0.699. The number of hydrogen-bond donors (Lipinski definition) is 1. The molecule has 0 aliphatic carbocycles. The highest BCUT2D eigenvalue weighted by Gasteiger charge is 2.19. The predicted molar refractivity (Wildman–Crippen MR) is 108 cm³/mol. The van der Waals surface area contributed by atoms with E-state index in [4.69, 9.17) is 4.74 Å². The summed E-state index contributed by atoms with van der Waals surface area (Å²) in [7, 11) is 1.59. The fourth-order valence-electron chi connectivity index (χ4n) is 2.79. The first-order chi connectivity index (χ1) is 13.9. The Morgan fingerprint density at radius 1 is 1.03 bits per heavy atom. The van der Waals surface area contributed by atoms with Gasteiger partial charge in [-0.1, -0.05) is 0 Å². The lowest BCUT2D eigenvalue weighted by molar-refractivity contribution is -0.393. The summed E-state index contributed by atoms with van der Waals surface area (Å²) in [5.41, 5.74) is 4.45. The Hall–Kier alpha value is -4.21. The summed E-state index contributed by atoms with van der Waals surface area (Å²) in [6.07, 6.45) is 1.52. The number of aromatic nitrogens is 1. The number of nitro groups is 2. The van der Waals surface area contributed by atoms with Gasteiger partial charge >= 0.3 is 5.69 Å². The van der Waals surface area contributed by atoms with Crippen molar-refractivity contribution in [3.05, 3.63) is 86.2 Å². The maximum atomic E-state index is 11.2. The Balaban J connectivity index is 1.86. The Bertz CT molecular complexity index is 1090. The van der Waals surface area contributed by atoms with Gasteiger partial charge < -0.3 is 9.30 Å². The first kappa shape index (κ1) is 19.5. The second kappa shape index (κ2) is 8.21. The molecule has 0 unspecified atom stereocenters. The maximum Gasteiger partial charge on any atom is 0.301 e. The van der Waals surface area contributed by atoms with Gasteiger partial charge in [0.2, 0.25) is 0 Å². The van der Waals surface area contributed by atoms with Gasteiger partial charge in [-0.2, -0.15) is 5.10 Å². The number of benzene rings is 2. The number of ether oxygens (including phenoxy) is 1. The number of hydrogen-bond acceptors (Lipinski definition) is 7. The molecule has 10 heteroatoms. The molecule has 0 radical (unpaired) electrons. The number of nitrogens with one attached hydrogen (secondary N) is 1. The molecule has 0 spiro atoms. The first-order valence-corrected chi connectivity index (χ1v) is 8.45. The molecule has 0 amide bonds. The molecular weight excluding hydrogens is 378 g/mol. The van der Waals surface area contributed by atoms with Crippen LogP contribution in [-0.4, -0.2) is 27.7 Å². The van der Waals surface area contributed by atoms with E-state index in [9.17, 15) is 20.2 Å². The van der Waals surface area contributed by atoms with Crippen LogP contribution in [0.2, 0.25) is 0 Å². The molecule has 0 saturated heterocycles. The van der Waals surface area contributed by atoms with E-state index in [1.165, 1.54) is 18.3 Å². The van der Waals surface area contributed by atoms with Crippen molar-refractivity contribution >= 4 is 23.3 Å². The van der Waals surface area contributed by atoms with Crippen LogP contribution in [0.15, 0.2) is 59.7 Å². The van der Waals surface area contributed by atoms with E-state index >= 15 is 0 Å². The molecule has 3 aromatic rings. The molecule has 148 valence electrons. The number of anilines is 1. The Morgan fingerprint density at radius 2 is 1.76 bits per heavy atom. The van der Waals surface area contributed by atoms with Gasteiger partial charge in [0.05, 0.1) is 34.9 Å². The smallest absolute Gasteiger partial charge is 0.301 e. The standard InChI is InChI=1S/C19H17N5O5/c1-13-3-4-16(22(13)14-5-8-17(29-2)9-6-14)12-20-21-18-10-7-15(23(25)26)11-19(18)24(27)28/h3-12,21H,1-2H3/b20-12+. The fraction of sp³-hybridized carbons (Fsp3) is 0.105. The molecule has 0 saturated carbocycles. The van der Waals surface area contributed by atoms with E-state index in [0.717, 1.165) is 28.9 Å². The van der Waals surface area contributed by atoms with E-state index in [1.807, 2.05) is 47.9 Å². The highest BCUT2D eigenvalue weighted by Crippen LogP contribution is 2.29. The third-order valence-corrected chi connectivity index (χ3v) is 4.21. The van der Waals surface area contributed by atoms with Crippen molar-refractivity contribution in [2.75, 3.05) is 12.5 Å². The third kappa shape index (κ3) is 4.21. The summed E-state index contributed by atoms with van der Waals surface area (Å²) in [5.74, 6) is 0.737. The normalized spacial score (nSPS) is 10.8. The van der Waals surface area contributed by atoms with Crippen molar-refractivity contribution in [1.82, 2.24) is 4.57 Å². The topological polar surface area (TPSA) is 125 Å². The second-order valence-electron chi connectivity index (χ2n) is 6.02. The number of aryl methyl sites for hydroxylation is 1. The van der Waals surface area contributed by atoms with Crippen LogP contribution in [-0.2, 0) is 0 Å². The molecule has 0 aliphatic heterocycles. The number of nitrogens with zero attached hydrogens (tertiary/aromatic N) is 4. The summed E-state index contributed by atoms with van der Waals surface area (Å²) >= 11 is 0. The highest BCUT2D eigenvalue weighted by atomic mass is 16.6. The molecule has 0 atom stereocenters. The fourth-order valence-corrected chi connectivity index (χ4v) is 2.79. The third-order valence-electron chi connectivity index (χ3n) is 4.21. The Kier molecular flexibility index (Phi) is 5.54. The van der Waals surface area contributed by atoms with E-state index in [0.29, 0.717) is 0 Å². The SMILES string of the molecule is COc1ccc(-n2c(C)ccc2/C=N/Nc2ccc([N+](=O)[O-])cc2[N+](=O)[O-])cc1. The van der Waals surface area contributed by atoms with Crippen molar-refractivity contribution in [3.63, 3.8) is 0 Å². The number of hydrazone groups is 1. The second-order valence-corrected chi connectivity index (χ2v) is 6.02. The van der Waals surface area contributed by atoms with Crippen molar-refractivity contribution in [3.8, 4) is 11.4 Å². The predicted octanol–water partition coefficient (Wildman–Crippen LogP) is 4.06. The molecule has 3 rings (SSSR count). The molecule has 1 heterocycles. The van der Waals surface area contributed by atoms with Crippen LogP contribution in [0.5, 0.6) is 5.75 Å². The molecule has 29 heavy (non-hydrogen) atoms. The largest absolute Gasteiger partial charge is 0.497 e. The first-order valence-electron chi connectivity index (χ1n) is 8.45. The summed E-state index contributed by atoms with van der Waals surface area (Å²) < 4.78 is 7.13. The van der Waals surface area contributed by atoms with E-state index in [2.05, 4.69) is 10.5 Å². The van der Waals surface area contributed by atoms with E-state index < -0.39 is 15.5 Å². The minimum absolute atomic E-state index is 0.0520.